The average molecular weight is 797 g/mol. The van der Waals surface area contributed by atoms with E-state index in [1.807, 2.05) is 48.5 Å². The molecule has 0 aliphatic carbocycles. The summed E-state index contributed by atoms with van der Waals surface area (Å²) in [6, 6.07) is 29.2. The minimum Gasteiger partial charge on any atom is -0.508 e. The van der Waals surface area contributed by atoms with Crippen molar-refractivity contribution in [2.45, 2.75) is 28.4 Å². The number of phenolic OH excluding ortho intramolecular Hbond substituents is 1. The third-order valence-corrected chi connectivity index (χ3v) is 9.80. The Hall–Kier alpha value is -6.27. The van der Waals surface area contributed by atoms with E-state index in [1.54, 1.807) is 36.4 Å². The lowest BCUT2D eigenvalue weighted by Crippen LogP contribution is -2.39. The molecule has 2 amide bonds. The Balaban J connectivity index is 1.30. The second-order valence-electron chi connectivity index (χ2n) is 11.9. The molecule has 3 aromatic carbocycles. The summed E-state index contributed by atoms with van der Waals surface area (Å²) in [6.45, 7) is 0.656. The highest BCUT2D eigenvalue weighted by Gasteiger charge is 2.15. The predicted octanol–water partition coefficient (Wildman–Crippen LogP) is 4.83. The molecule has 0 atom stereocenters. The van der Waals surface area contributed by atoms with Gasteiger partial charge in [-0.25, -0.2) is 26.4 Å². The van der Waals surface area contributed by atoms with E-state index in [9.17, 15) is 27.7 Å². The lowest BCUT2D eigenvalue weighted by Gasteiger charge is -2.19. The van der Waals surface area contributed by atoms with Gasteiger partial charge in [0.25, 0.3) is 21.9 Å². The van der Waals surface area contributed by atoms with Crippen molar-refractivity contribution in [3.05, 3.63) is 143 Å². The van der Waals surface area contributed by atoms with Crippen molar-refractivity contribution in [2.75, 3.05) is 25.1 Å². The Morgan fingerprint density at radius 3 is 2.46 bits per heavy atom. The molecule has 0 aliphatic rings. The number of phenols is 1. The molecule has 290 valence electrons. The van der Waals surface area contributed by atoms with Crippen LogP contribution in [0, 0.1) is 0 Å². The number of hydrazine groups is 2. The quantitative estimate of drug-likeness (QED) is 0.0126. The van der Waals surface area contributed by atoms with Gasteiger partial charge in [-0.2, -0.15) is 13.5 Å². The molecule has 56 heavy (non-hydrogen) atoms. The number of nitrogen functional groups attached to an aromatic ring is 1. The number of pyridine rings is 2. The Morgan fingerprint density at radius 1 is 0.964 bits per heavy atom. The van der Waals surface area contributed by atoms with Crippen LogP contribution in [0.4, 0.5) is 5.82 Å². The van der Waals surface area contributed by atoms with Gasteiger partial charge in [-0.3, -0.25) is 14.1 Å². The number of nitrogens with two attached hydrogens (primary N) is 1. The average Bonchev–Trinajstić information content (AvgIpc) is 3.21. The van der Waals surface area contributed by atoms with Crippen LogP contribution in [-0.4, -0.2) is 70.9 Å². The summed E-state index contributed by atoms with van der Waals surface area (Å²) < 4.78 is 39.7. The maximum atomic E-state index is 13.3. The molecule has 0 saturated heterocycles. The normalized spacial score (nSPS) is 11.4. The Morgan fingerprint density at radius 2 is 1.73 bits per heavy atom. The van der Waals surface area contributed by atoms with Crippen LogP contribution in [0.1, 0.15) is 39.3 Å². The molecule has 0 aliphatic heterocycles. The molecule has 0 fully saturated rings. The number of carbonyl (C=O) groups excluding carboxylic acids is 2. The molecule has 15 nitrogen and oxygen atoms in total. The number of aromatic hydroxyl groups is 1. The molecule has 0 radical (unpaired) electrons. The van der Waals surface area contributed by atoms with Crippen LogP contribution in [-0.2, 0) is 27.1 Å². The van der Waals surface area contributed by atoms with Gasteiger partial charge in [0.05, 0.1) is 30.6 Å². The number of rotatable bonds is 19. The zero-order chi connectivity index (χ0) is 39.8. The second kappa shape index (κ2) is 20.4. The molecule has 2 aromatic heterocycles. The number of hydrogen-bond acceptors (Lipinski definition) is 13. The molecule has 0 spiro atoms. The number of hydrazone groups is 1. The van der Waals surface area contributed by atoms with Gasteiger partial charge >= 0.3 is 0 Å². The molecule has 0 saturated carbocycles. The van der Waals surface area contributed by atoms with Crippen molar-refractivity contribution in [1.29, 1.82) is 0 Å². The highest BCUT2D eigenvalue weighted by atomic mass is 32.2. The van der Waals surface area contributed by atoms with E-state index < -0.39 is 16.0 Å². The lowest BCUT2D eigenvalue weighted by molar-refractivity contribution is -0.121. The third kappa shape index (κ3) is 12.9. The number of ether oxygens (including phenoxy) is 1. The number of hydrogen-bond donors (Lipinski definition) is 6. The number of aromatic nitrogens is 2. The standard InChI is InChI=1S/C39H40N8O7S2/c40-45-37-19-11-30(25-42-37)39(50)41-22-6-23-47(43-26-29-9-4-5-10-36(29)56(51,52)53)46-38(49)20-17-34-35(54-24-21-28-7-2-1-3-8-28)18-12-31(44-34)27-55-33-15-13-32(48)14-16-33/h1-5,7-20,25-26,48H,6,21-24,27,40H2,(H,41,50)(H,42,45)(H,46,49)(H,51,52,53)/b20-17?,43-26+. The SMILES string of the molecule is NNc1ccc(C(=O)NCCCN(/N=C/c2ccccc2S(=O)(=O)O)NC(=O)C=Cc2nc(CSc3ccc(O)cc3)ccc2OCCc2ccccc2)cn1. The summed E-state index contributed by atoms with van der Waals surface area (Å²) in [4.78, 5) is 35.3. The Bertz CT molecular complexity index is 2240. The fourth-order valence-corrected chi connectivity index (χ4v) is 6.48. The maximum absolute atomic E-state index is 13.3. The maximum Gasteiger partial charge on any atom is 0.295 e. The Kier molecular flexibility index (Phi) is 14.9. The first-order chi connectivity index (χ1) is 27.1. The summed E-state index contributed by atoms with van der Waals surface area (Å²) in [7, 11) is -4.56. The molecule has 0 unspecified atom stereocenters. The van der Waals surface area contributed by atoms with Crippen LogP contribution in [0.2, 0.25) is 0 Å². The Labute approximate surface area is 328 Å². The first-order valence-corrected chi connectivity index (χ1v) is 19.7. The smallest absolute Gasteiger partial charge is 0.295 e. The van der Waals surface area contributed by atoms with Crippen molar-refractivity contribution in [3.63, 3.8) is 0 Å². The lowest BCUT2D eigenvalue weighted by atomic mass is 10.2. The van der Waals surface area contributed by atoms with Crippen molar-refractivity contribution in [3.8, 4) is 11.5 Å². The van der Waals surface area contributed by atoms with Gasteiger partial charge in [-0.05, 0) is 72.7 Å². The molecule has 0 bridgehead atoms. The van der Waals surface area contributed by atoms with E-state index in [0.717, 1.165) is 16.2 Å². The van der Waals surface area contributed by atoms with Crippen molar-refractivity contribution in [1.82, 2.24) is 25.8 Å². The number of nitrogens with one attached hydrogen (secondary N) is 3. The summed E-state index contributed by atoms with van der Waals surface area (Å²) in [5.74, 6) is 5.94. The second-order valence-corrected chi connectivity index (χ2v) is 14.4. The van der Waals surface area contributed by atoms with Gasteiger partial charge in [-0.1, -0.05) is 48.5 Å². The number of thioether (sulfide) groups is 1. The number of amides is 2. The van der Waals surface area contributed by atoms with Crippen LogP contribution in [0.5, 0.6) is 11.5 Å². The third-order valence-electron chi connectivity index (χ3n) is 7.83. The van der Waals surface area contributed by atoms with E-state index in [0.29, 0.717) is 48.0 Å². The minimum atomic E-state index is -4.56. The number of carbonyl (C=O) groups is 2. The number of anilines is 1. The van der Waals surface area contributed by atoms with Gasteiger partial charge in [-0.15, -0.1) is 11.8 Å². The van der Waals surface area contributed by atoms with E-state index in [-0.39, 0.29) is 35.2 Å². The van der Waals surface area contributed by atoms with Crippen LogP contribution >= 0.6 is 11.8 Å². The summed E-state index contributed by atoms with van der Waals surface area (Å²) in [6.07, 6.45) is 6.33. The van der Waals surface area contributed by atoms with Gasteiger partial charge in [0.1, 0.15) is 27.9 Å². The molecular formula is C39H40N8O7S2. The minimum absolute atomic E-state index is 0.0875. The highest BCUT2D eigenvalue weighted by molar-refractivity contribution is 7.98. The molecule has 17 heteroatoms. The largest absolute Gasteiger partial charge is 0.508 e. The molecular weight excluding hydrogens is 757 g/mol. The zero-order valence-corrected chi connectivity index (χ0v) is 31.6. The number of benzene rings is 3. The fourth-order valence-electron chi connectivity index (χ4n) is 5.01. The van der Waals surface area contributed by atoms with Crippen molar-refractivity contribution < 1.29 is 32.4 Å². The monoisotopic (exact) mass is 796 g/mol. The highest BCUT2D eigenvalue weighted by Crippen LogP contribution is 2.26. The summed E-state index contributed by atoms with van der Waals surface area (Å²) >= 11 is 1.53. The van der Waals surface area contributed by atoms with Crippen molar-refractivity contribution in [2.24, 2.45) is 10.9 Å². The van der Waals surface area contributed by atoms with Gasteiger partial charge in [0.2, 0.25) is 0 Å². The van der Waals surface area contributed by atoms with Gasteiger partial charge in [0.15, 0.2) is 0 Å². The van der Waals surface area contributed by atoms with Crippen LogP contribution < -0.4 is 26.7 Å². The van der Waals surface area contributed by atoms with E-state index in [1.165, 1.54) is 59.6 Å². The van der Waals surface area contributed by atoms with E-state index in [2.05, 4.69) is 26.3 Å². The van der Waals surface area contributed by atoms with E-state index >= 15 is 0 Å². The first-order valence-electron chi connectivity index (χ1n) is 17.2. The predicted molar refractivity (Wildman–Crippen MR) is 214 cm³/mol. The van der Waals surface area contributed by atoms with Gasteiger partial charge in [0, 0.05) is 41.5 Å². The first kappa shape index (κ1) is 40.9. The summed E-state index contributed by atoms with van der Waals surface area (Å²) in [5, 5.41) is 17.9. The molecule has 2 heterocycles. The zero-order valence-electron chi connectivity index (χ0n) is 30.0. The van der Waals surface area contributed by atoms with Gasteiger partial charge < -0.3 is 20.6 Å². The molecule has 5 rings (SSSR count). The number of nitrogens with zero attached hydrogens (tertiary/aromatic N) is 4. The topological polar surface area (TPSA) is 221 Å². The molecule has 5 aromatic rings. The van der Waals surface area contributed by atoms with E-state index in [4.69, 9.17) is 15.6 Å². The van der Waals surface area contributed by atoms with Crippen LogP contribution in [0.3, 0.4) is 0 Å². The fraction of sp³-hybridized carbons (Fsp3) is 0.154. The summed E-state index contributed by atoms with van der Waals surface area (Å²) in [5.41, 5.74) is 7.71. The van der Waals surface area contributed by atoms with Crippen LogP contribution in [0.15, 0.2) is 130 Å². The van der Waals surface area contributed by atoms with Crippen molar-refractivity contribution >= 4 is 51.8 Å². The van der Waals surface area contributed by atoms with Crippen LogP contribution in [0.25, 0.3) is 6.08 Å². The molecule has 7 N–H and O–H groups in total.